The summed E-state index contributed by atoms with van der Waals surface area (Å²) < 4.78 is 23.6. The Balaban J connectivity index is 1.59. The van der Waals surface area contributed by atoms with Crippen LogP contribution >= 0.6 is 0 Å². The molecule has 1 atom stereocenters. The van der Waals surface area contributed by atoms with E-state index in [2.05, 4.69) is 5.32 Å². The minimum Gasteiger partial charge on any atom is -0.324 e. The Morgan fingerprint density at radius 3 is 2.24 bits per heavy atom. The smallest absolute Gasteiger partial charge is 0.262 e. The Bertz CT molecular complexity index is 1270. The molecule has 2 aliphatic rings. The van der Waals surface area contributed by atoms with Gasteiger partial charge in [0.25, 0.3) is 11.8 Å². The zero-order valence-electron chi connectivity index (χ0n) is 18.9. The first-order valence-corrected chi connectivity index (χ1v) is 13.0. The number of hydrogen-bond acceptors (Lipinski definition) is 6. The second-order valence-electron chi connectivity index (χ2n) is 8.60. The van der Waals surface area contributed by atoms with Crippen molar-refractivity contribution in [2.24, 2.45) is 0 Å². The summed E-state index contributed by atoms with van der Waals surface area (Å²) in [5.74, 6) is -2.25. The van der Waals surface area contributed by atoms with Gasteiger partial charge in [-0.25, -0.2) is 8.42 Å². The predicted molar refractivity (Wildman–Crippen MR) is 126 cm³/mol. The summed E-state index contributed by atoms with van der Waals surface area (Å²) in [5, 5.41) is 2.71. The molecule has 0 aromatic heterocycles. The average Bonchev–Trinajstić information content (AvgIpc) is 3.30. The third-order valence-corrected chi connectivity index (χ3v) is 7.01. The van der Waals surface area contributed by atoms with Crippen molar-refractivity contribution in [1.29, 1.82) is 0 Å². The van der Waals surface area contributed by atoms with E-state index in [1.165, 1.54) is 12.1 Å². The molecule has 1 fully saturated rings. The van der Waals surface area contributed by atoms with Crippen molar-refractivity contribution >= 4 is 44.8 Å². The maximum Gasteiger partial charge on any atom is 0.262 e. The summed E-state index contributed by atoms with van der Waals surface area (Å²) in [5.41, 5.74) is 2.31. The quantitative estimate of drug-likeness (QED) is 0.603. The number of rotatable bonds is 7. The zero-order valence-corrected chi connectivity index (χ0v) is 19.7. The van der Waals surface area contributed by atoms with Crippen LogP contribution in [0.2, 0.25) is 0 Å². The van der Waals surface area contributed by atoms with Crippen molar-refractivity contribution in [3.05, 3.63) is 59.2 Å². The molecule has 1 saturated heterocycles. The van der Waals surface area contributed by atoms with Gasteiger partial charge in [0, 0.05) is 30.6 Å². The van der Waals surface area contributed by atoms with Gasteiger partial charge >= 0.3 is 0 Å². The number of carbonyl (C=O) groups excluding carboxylic acids is 4. The molecule has 4 rings (SSSR count). The van der Waals surface area contributed by atoms with Crippen LogP contribution in [0.4, 0.5) is 11.4 Å². The first kappa shape index (κ1) is 23.6. The fourth-order valence-corrected chi connectivity index (χ4v) is 5.01. The molecular formula is C24H25N3O6S. The largest absolute Gasteiger partial charge is 0.324 e. The highest BCUT2D eigenvalue weighted by atomic mass is 32.2. The molecule has 178 valence electrons. The molecule has 10 heteroatoms. The summed E-state index contributed by atoms with van der Waals surface area (Å²) in [4.78, 5) is 53.8. The van der Waals surface area contributed by atoms with E-state index < -0.39 is 33.6 Å². The average molecular weight is 484 g/mol. The van der Waals surface area contributed by atoms with Crippen molar-refractivity contribution in [1.82, 2.24) is 4.90 Å². The molecule has 4 amide bonds. The van der Waals surface area contributed by atoms with Crippen LogP contribution in [0.3, 0.4) is 0 Å². The van der Waals surface area contributed by atoms with E-state index in [0.29, 0.717) is 18.7 Å². The van der Waals surface area contributed by atoms with Crippen molar-refractivity contribution in [2.45, 2.75) is 32.2 Å². The molecule has 0 spiro atoms. The standard InChI is InChI=1S/C24H25N3O6S/c1-15-14-16(9-10-19(15)26-12-5-8-21(26)28)25-22(29)20(11-13-34(2,32)33)27-23(30)17-6-3-4-7-18(17)24(27)31/h3-4,6-7,9-10,14,20H,5,8,11-13H2,1-2H3,(H,25,29)/t20-/m0/s1. The molecule has 2 heterocycles. The second-order valence-corrected chi connectivity index (χ2v) is 10.9. The van der Waals surface area contributed by atoms with E-state index in [4.69, 9.17) is 0 Å². The third-order valence-electron chi connectivity index (χ3n) is 6.03. The number of hydrogen-bond donors (Lipinski definition) is 1. The van der Waals surface area contributed by atoms with Gasteiger partial charge in [0.2, 0.25) is 11.8 Å². The van der Waals surface area contributed by atoms with Gasteiger partial charge < -0.3 is 10.2 Å². The van der Waals surface area contributed by atoms with Crippen molar-refractivity contribution in [2.75, 3.05) is 28.8 Å². The monoisotopic (exact) mass is 483 g/mol. The lowest BCUT2D eigenvalue weighted by molar-refractivity contribution is -0.120. The van der Waals surface area contributed by atoms with Crippen LogP contribution in [-0.2, 0) is 19.4 Å². The number of nitrogens with zero attached hydrogens (tertiary/aromatic N) is 2. The minimum absolute atomic E-state index is 0.0475. The molecule has 2 aromatic rings. The number of benzene rings is 2. The first-order chi connectivity index (χ1) is 16.1. The summed E-state index contributed by atoms with van der Waals surface area (Å²) in [6.45, 7) is 2.46. The topological polar surface area (TPSA) is 121 Å². The number of fused-ring (bicyclic) bond motifs is 1. The van der Waals surface area contributed by atoms with Crippen LogP contribution in [-0.4, -0.2) is 61.5 Å². The highest BCUT2D eigenvalue weighted by molar-refractivity contribution is 7.90. The SMILES string of the molecule is Cc1cc(NC(=O)[C@H](CCS(C)(=O)=O)N2C(=O)c3ccccc3C2=O)ccc1N1CCCC1=O. The normalized spacial score (nSPS) is 16.7. The Labute approximate surface area is 197 Å². The molecule has 0 unspecified atom stereocenters. The fourth-order valence-electron chi connectivity index (χ4n) is 4.36. The van der Waals surface area contributed by atoms with E-state index in [9.17, 15) is 27.6 Å². The van der Waals surface area contributed by atoms with Gasteiger partial charge in [-0.05, 0) is 55.7 Å². The van der Waals surface area contributed by atoms with E-state index >= 15 is 0 Å². The number of carbonyl (C=O) groups is 4. The van der Waals surface area contributed by atoms with E-state index in [-0.39, 0.29) is 29.2 Å². The van der Waals surface area contributed by atoms with Crippen LogP contribution in [0.25, 0.3) is 0 Å². The molecular weight excluding hydrogens is 458 g/mol. The lowest BCUT2D eigenvalue weighted by atomic mass is 10.1. The number of aryl methyl sites for hydroxylation is 1. The van der Waals surface area contributed by atoms with Crippen LogP contribution < -0.4 is 10.2 Å². The molecule has 34 heavy (non-hydrogen) atoms. The van der Waals surface area contributed by atoms with Gasteiger partial charge in [0.1, 0.15) is 15.9 Å². The number of imide groups is 1. The minimum atomic E-state index is -3.45. The summed E-state index contributed by atoms with van der Waals surface area (Å²) in [6.07, 6.45) is 2.10. The van der Waals surface area contributed by atoms with Gasteiger partial charge in [-0.3, -0.25) is 24.1 Å². The molecule has 0 aliphatic carbocycles. The molecule has 2 aliphatic heterocycles. The number of anilines is 2. The summed E-state index contributed by atoms with van der Waals surface area (Å²) >= 11 is 0. The molecule has 0 saturated carbocycles. The molecule has 1 N–H and O–H groups in total. The zero-order chi connectivity index (χ0) is 24.6. The molecule has 0 radical (unpaired) electrons. The lowest BCUT2D eigenvalue weighted by Gasteiger charge is -2.25. The van der Waals surface area contributed by atoms with E-state index in [0.717, 1.165) is 28.8 Å². The van der Waals surface area contributed by atoms with Gasteiger partial charge in [-0.2, -0.15) is 0 Å². The number of nitrogens with one attached hydrogen (secondary N) is 1. The summed E-state index contributed by atoms with van der Waals surface area (Å²) in [6, 6.07) is 10.0. The maximum atomic E-state index is 13.2. The maximum absolute atomic E-state index is 13.2. The predicted octanol–water partition coefficient (Wildman–Crippen LogP) is 2.16. The third kappa shape index (κ3) is 4.58. The number of amides is 4. The summed E-state index contributed by atoms with van der Waals surface area (Å²) in [7, 11) is -3.45. The van der Waals surface area contributed by atoms with Crippen LogP contribution in [0.5, 0.6) is 0 Å². The van der Waals surface area contributed by atoms with Gasteiger partial charge in [-0.1, -0.05) is 12.1 Å². The Kier molecular flexibility index (Phi) is 6.26. The van der Waals surface area contributed by atoms with Crippen molar-refractivity contribution in [3.63, 3.8) is 0 Å². The van der Waals surface area contributed by atoms with Gasteiger partial charge in [-0.15, -0.1) is 0 Å². The molecule has 9 nitrogen and oxygen atoms in total. The van der Waals surface area contributed by atoms with Crippen LogP contribution in [0, 0.1) is 6.92 Å². The van der Waals surface area contributed by atoms with Crippen molar-refractivity contribution in [3.8, 4) is 0 Å². The highest BCUT2D eigenvalue weighted by Crippen LogP contribution is 2.29. The number of sulfone groups is 1. The highest BCUT2D eigenvalue weighted by Gasteiger charge is 2.42. The first-order valence-electron chi connectivity index (χ1n) is 10.9. The second kappa shape index (κ2) is 9.02. The van der Waals surface area contributed by atoms with E-state index in [1.54, 1.807) is 35.2 Å². The van der Waals surface area contributed by atoms with Gasteiger partial charge in [0.15, 0.2) is 0 Å². The van der Waals surface area contributed by atoms with Crippen LogP contribution in [0.15, 0.2) is 42.5 Å². The Morgan fingerprint density at radius 1 is 1.06 bits per heavy atom. The Morgan fingerprint density at radius 2 is 1.71 bits per heavy atom. The van der Waals surface area contributed by atoms with E-state index in [1.807, 2.05) is 6.92 Å². The van der Waals surface area contributed by atoms with Crippen LogP contribution in [0.1, 0.15) is 45.5 Å². The molecule has 0 bridgehead atoms. The van der Waals surface area contributed by atoms with Crippen molar-refractivity contribution < 1.29 is 27.6 Å². The fraction of sp³-hybridized carbons (Fsp3) is 0.333. The Hall–Kier alpha value is -3.53. The van der Waals surface area contributed by atoms with Gasteiger partial charge in [0.05, 0.1) is 16.9 Å². The molecule has 2 aromatic carbocycles. The lowest BCUT2D eigenvalue weighted by Crippen LogP contribution is -2.48.